The van der Waals surface area contributed by atoms with E-state index in [0.29, 0.717) is 5.75 Å². The topological polar surface area (TPSA) is 49.7 Å². The Hall–Kier alpha value is -0.0600. The number of aryl methyl sites for hydroxylation is 1. The summed E-state index contributed by atoms with van der Waals surface area (Å²) in [5.41, 5.74) is 2.85. The fraction of sp³-hybridized carbons (Fsp3) is 0.400. The van der Waals surface area contributed by atoms with Gasteiger partial charge in [-0.3, -0.25) is 0 Å². The summed E-state index contributed by atoms with van der Waals surface area (Å²) < 4.78 is 5.07. The third kappa shape index (κ3) is 3.22. The van der Waals surface area contributed by atoms with Crippen molar-refractivity contribution in [2.45, 2.75) is 25.7 Å². The Balaban J connectivity index is 3.31. The predicted octanol–water partition coefficient (Wildman–Crippen LogP) is 2.92. The first kappa shape index (κ1) is 14.0. The molecule has 0 saturated heterocycles. The van der Waals surface area contributed by atoms with Crippen molar-refractivity contribution in [3.63, 3.8) is 0 Å². The highest BCUT2D eigenvalue weighted by molar-refractivity contribution is 8.06. The van der Waals surface area contributed by atoms with Crippen LogP contribution in [-0.4, -0.2) is 16.0 Å². The minimum atomic E-state index is -3.66. The Morgan fingerprint density at radius 3 is 2.25 bits per heavy atom. The molecule has 0 spiro atoms. The molecule has 6 heteroatoms. The van der Waals surface area contributed by atoms with Crippen molar-refractivity contribution < 1.29 is 14.3 Å². The zero-order valence-corrected chi connectivity index (χ0v) is 12.2. The van der Waals surface area contributed by atoms with Gasteiger partial charge in [0.2, 0.25) is 0 Å². The largest absolute Gasteiger partial charge is 0.424 e. The molecular formula is C10H15O3PS2. The summed E-state index contributed by atoms with van der Waals surface area (Å²) in [4.78, 5) is 19.5. The van der Waals surface area contributed by atoms with E-state index in [1.807, 2.05) is 33.1 Å². The molecule has 0 radical (unpaired) electrons. The molecule has 0 aliphatic rings. The number of thioether (sulfide) groups is 1. The van der Waals surface area contributed by atoms with Crippen molar-refractivity contribution in [1.29, 1.82) is 0 Å². The second-order valence-electron chi connectivity index (χ2n) is 3.56. The smallest absolute Gasteiger partial charge is 0.375 e. The summed E-state index contributed by atoms with van der Waals surface area (Å²) in [5, 5.41) is 0. The van der Waals surface area contributed by atoms with Crippen molar-refractivity contribution in [1.82, 2.24) is 0 Å². The van der Waals surface area contributed by atoms with E-state index in [-0.39, 0.29) is 0 Å². The highest BCUT2D eigenvalue weighted by Gasteiger charge is 2.17. The van der Waals surface area contributed by atoms with Crippen molar-refractivity contribution in [2.24, 2.45) is 0 Å². The fourth-order valence-electron chi connectivity index (χ4n) is 1.49. The lowest BCUT2D eigenvalue weighted by Gasteiger charge is -2.18. The van der Waals surface area contributed by atoms with Gasteiger partial charge in [0.15, 0.2) is 0 Å². The Bertz CT molecular complexity index is 454. The van der Waals surface area contributed by atoms with Crippen molar-refractivity contribution in [2.75, 3.05) is 6.26 Å². The Kier molecular flexibility index (Phi) is 4.43. The van der Waals surface area contributed by atoms with Gasteiger partial charge in [0.25, 0.3) is 0 Å². The molecule has 16 heavy (non-hydrogen) atoms. The SMILES string of the molecule is CSc1cc(C)c(OP(O)(O)=S)c(C)c1C. The molecule has 0 aliphatic carbocycles. The zero-order valence-electron chi connectivity index (χ0n) is 9.64. The Morgan fingerprint density at radius 1 is 1.25 bits per heavy atom. The number of rotatable bonds is 3. The average molecular weight is 278 g/mol. The Morgan fingerprint density at radius 2 is 1.81 bits per heavy atom. The Labute approximate surface area is 105 Å². The highest BCUT2D eigenvalue weighted by Crippen LogP contribution is 2.43. The van der Waals surface area contributed by atoms with E-state index in [1.54, 1.807) is 11.8 Å². The monoisotopic (exact) mass is 278 g/mol. The van der Waals surface area contributed by atoms with Crippen LogP contribution >= 0.6 is 18.5 Å². The van der Waals surface area contributed by atoms with Gasteiger partial charge in [0, 0.05) is 16.7 Å². The van der Waals surface area contributed by atoms with Crippen LogP contribution < -0.4 is 4.52 Å². The van der Waals surface area contributed by atoms with E-state index in [9.17, 15) is 9.79 Å². The van der Waals surface area contributed by atoms with E-state index in [2.05, 4.69) is 11.8 Å². The number of benzene rings is 1. The summed E-state index contributed by atoms with van der Waals surface area (Å²) in [6.45, 7) is 2.08. The number of hydrogen-bond acceptors (Lipinski definition) is 3. The normalized spacial score (nSPS) is 11.6. The van der Waals surface area contributed by atoms with Gasteiger partial charge in [0.05, 0.1) is 0 Å². The third-order valence-corrected chi connectivity index (χ3v) is 3.92. The average Bonchev–Trinajstić information content (AvgIpc) is 2.17. The highest BCUT2D eigenvalue weighted by atomic mass is 32.5. The molecule has 1 rings (SSSR count). The van der Waals surface area contributed by atoms with Gasteiger partial charge in [0.1, 0.15) is 5.75 Å². The van der Waals surface area contributed by atoms with Crippen LogP contribution in [0, 0.1) is 20.8 Å². The van der Waals surface area contributed by atoms with Crippen LogP contribution in [0.15, 0.2) is 11.0 Å². The molecule has 0 atom stereocenters. The molecule has 0 bridgehead atoms. The van der Waals surface area contributed by atoms with Crippen LogP contribution in [0.2, 0.25) is 0 Å². The van der Waals surface area contributed by atoms with Crippen LogP contribution in [0.5, 0.6) is 5.75 Å². The summed E-state index contributed by atoms with van der Waals surface area (Å²) in [6, 6.07) is 1.97. The maximum Gasteiger partial charge on any atom is 0.375 e. The lowest BCUT2D eigenvalue weighted by atomic mass is 10.1. The van der Waals surface area contributed by atoms with Gasteiger partial charge in [-0.15, -0.1) is 11.8 Å². The van der Waals surface area contributed by atoms with Crippen LogP contribution in [0.4, 0.5) is 0 Å². The van der Waals surface area contributed by atoms with Crippen LogP contribution in [0.1, 0.15) is 16.7 Å². The molecule has 0 aromatic heterocycles. The second-order valence-corrected chi connectivity index (χ2v) is 7.00. The van der Waals surface area contributed by atoms with E-state index >= 15 is 0 Å². The van der Waals surface area contributed by atoms with Gasteiger partial charge in [-0.1, -0.05) is 0 Å². The molecule has 2 N–H and O–H groups in total. The molecule has 0 amide bonds. The predicted molar refractivity (Wildman–Crippen MR) is 71.8 cm³/mol. The van der Waals surface area contributed by atoms with Gasteiger partial charge < -0.3 is 14.3 Å². The first-order chi connectivity index (χ1) is 7.26. The molecule has 90 valence electrons. The van der Waals surface area contributed by atoms with Crippen molar-refractivity contribution >= 4 is 30.3 Å². The fourth-order valence-corrected chi connectivity index (χ4v) is 2.99. The minimum absolute atomic E-state index is 0.489. The molecular weight excluding hydrogens is 263 g/mol. The lowest BCUT2D eigenvalue weighted by Crippen LogP contribution is -1.98. The maximum absolute atomic E-state index is 9.19. The molecule has 1 aromatic rings. The van der Waals surface area contributed by atoms with E-state index in [4.69, 9.17) is 4.52 Å². The summed E-state index contributed by atoms with van der Waals surface area (Å²) in [6.07, 6.45) is 2.00. The molecule has 0 heterocycles. The summed E-state index contributed by atoms with van der Waals surface area (Å²) in [7, 11) is 0. The number of hydrogen-bond donors (Lipinski definition) is 2. The van der Waals surface area contributed by atoms with Gasteiger partial charge >= 0.3 is 6.72 Å². The quantitative estimate of drug-likeness (QED) is 0.657. The van der Waals surface area contributed by atoms with Crippen LogP contribution in [-0.2, 0) is 11.8 Å². The first-order valence-corrected chi connectivity index (χ1v) is 8.51. The molecule has 0 aliphatic heterocycles. The van der Waals surface area contributed by atoms with Gasteiger partial charge in [-0.25, -0.2) is 0 Å². The van der Waals surface area contributed by atoms with Crippen LogP contribution in [0.25, 0.3) is 0 Å². The van der Waals surface area contributed by atoms with Crippen LogP contribution in [0.3, 0.4) is 0 Å². The lowest BCUT2D eigenvalue weighted by molar-refractivity contribution is 0.368. The van der Waals surface area contributed by atoms with E-state index < -0.39 is 6.72 Å². The van der Waals surface area contributed by atoms with Crippen molar-refractivity contribution in [3.8, 4) is 5.75 Å². The zero-order chi connectivity index (χ0) is 12.5. The third-order valence-electron chi connectivity index (χ3n) is 2.41. The summed E-state index contributed by atoms with van der Waals surface area (Å²) >= 11 is 6.14. The molecule has 0 fully saturated rings. The minimum Gasteiger partial charge on any atom is -0.424 e. The summed E-state index contributed by atoms with van der Waals surface area (Å²) in [5.74, 6) is 0.489. The molecule has 1 aromatic carbocycles. The molecule has 0 unspecified atom stereocenters. The van der Waals surface area contributed by atoms with E-state index in [0.717, 1.165) is 21.6 Å². The van der Waals surface area contributed by atoms with Crippen molar-refractivity contribution in [3.05, 3.63) is 22.8 Å². The standard InChI is InChI=1S/C10H15O3PS2/c1-6-5-9(16-4)7(2)8(3)10(6)13-14(11,12)15/h5H,1-4H3,(H2,11,12,15). The van der Waals surface area contributed by atoms with Gasteiger partial charge in [-0.05, 0) is 49.8 Å². The maximum atomic E-state index is 9.19. The van der Waals surface area contributed by atoms with Gasteiger partial charge in [-0.2, -0.15) is 0 Å². The molecule has 3 nitrogen and oxygen atoms in total. The molecule has 0 saturated carbocycles. The second kappa shape index (κ2) is 5.07. The van der Waals surface area contributed by atoms with E-state index in [1.165, 1.54) is 0 Å². The first-order valence-electron chi connectivity index (χ1n) is 4.66.